The van der Waals surface area contributed by atoms with Crippen molar-refractivity contribution >= 4 is 68.9 Å². The lowest BCUT2D eigenvalue weighted by molar-refractivity contribution is -0.137. The number of carboxylic acid groups (broad SMARTS) is 1. The van der Waals surface area contributed by atoms with E-state index < -0.39 is 11.9 Å². The number of carbonyl (C=O) groups excluding carboxylic acids is 3. The molecule has 2 N–H and O–H groups in total. The van der Waals surface area contributed by atoms with Gasteiger partial charge in [0.1, 0.15) is 16.6 Å². The quantitative estimate of drug-likeness (QED) is 0.241. The number of thioether (sulfide) groups is 1. The second-order valence-corrected chi connectivity index (χ2v) is 10.3. The number of aliphatic carboxylic acids is 1. The first-order chi connectivity index (χ1) is 18.3. The van der Waals surface area contributed by atoms with Crippen LogP contribution in [0.25, 0.3) is 5.57 Å². The highest BCUT2D eigenvalue weighted by atomic mass is 32.2. The molecule has 1 fully saturated rings. The van der Waals surface area contributed by atoms with Crippen LogP contribution in [0, 0.1) is 0 Å². The van der Waals surface area contributed by atoms with E-state index in [4.69, 9.17) is 22.1 Å². The molecule has 0 spiro atoms. The lowest BCUT2D eigenvalue weighted by Crippen LogP contribution is -2.35. The van der Waals surface area contributed by atoms with Crippen molar-refractivity contribution in [1.82, 2.24) is 4.90 Å². The summed E-state index contributed by atoms with van der Waals surface area (Å²) in [6.07, 6.45) is 1.85. The molecule has 1 saturated heterocycles. The van der Waals surface area contributed by atoms with E-state index in [0.29, 0.717) is 59.4 Å². The van der Waals surface area contributed by atoms with E-state index >= 15 is 0 Å². The zero-order chi connectivity index (χ0) is 27.2. The van der Waals surface area contributed by atoms with Gasteiger partial charge in [0.2, 0.25) is 5.91 Å². The van der Waals surface area contributed by atoms with Gasteiger partial charge in [-0.15, -0.1) is 0 Å². The molecule has 2 aliphatic heterocycles. The molecule has 0 aromatic heterocycles. The maximum Gasteiger partial charge on any atom is 0.303 e. The molecule has 2 aliphatic rings. The third-order valence-corrected chi connectivity index (χ3v) is 7.47. The van der Waals surface area contributed by atoms with Crippen molar-refractivity contribution in [3.8, 4) is 5.75 Å². The van der Waals surface area contributed by atoms with Crippen molar-refractivity contribution in [2.24, 2.45) is 0 Å². The first-order valence-corrected chi connectivity index (χ1v) is 13.5. The zero-order valence-corrected chi connectivity index (χ0v) is 22.4. The van der Waals surface area contributed by atoms with Gasteiger partial charge in [-0.05, 0) is 50.1 Å². The van der Waals surface area contributed by atoms with Gasteiger partial charge in [-0.3, -0.25) is 29.0 Å². The van der Waals surface area contributed by atoms with Crippen LogP contribution in [0.4, 0.5) is 11.4 Å². The highest BCUT2D eigenvalue weighted by Crippen LogP contribution is 2.44. The molecule has 0 aliphatic carbocycles. The normalized spacial score (nSPS) is 16.7. The van der Waals surface area contributed by atoms with E-state index in [9.17, 15) is 19.2 Å². The second-order valence-electron chi connectivity index (χ2n) is 8.65. The molecule has 2 aromatic carbocycles. The highest BCUT2D eigenvalue weighted by Gasteiger charge is 2.42. The summed E-state index contributed by atoms with van der Waals surface area (Å²) in [5.41, 5.74) is 1.93. The lowest BCUT2D eigenvalue weighted by Gasteiger charge is -2.17. The van der Waals surface area contributed by atoms with E-state index in [2.05, 4.69) is 5.32 Å². The van der Waals surface area contributed by atoms with Crippen LogP contribution in [0.1, 0.15) is 38.2 Å². The van der Waals surface area contributed by atoms with Crippen LogP contribution >= 0.6 is 24.0 Å². The Morgan fingerprint density at radius 3 is 2.45 bits per heavy atom. The molecule has 0 atom stereocenters. The Hall–Kier alpha value is -3.70. The van der Waals surface area contributed by atoms with Gasteiger partial charge in [0.15, 0.2) is 0 Å². The van der Waals surface area contributed by atoms with Gasteiger partial charge in [0.25, 0.3) is 11.8 Å². The molecule has 11 heteroatoms. The van der Waals surface area contributed by atoms with Gasteiger partial charge >= 0.3 is 5.97 Å². The summed E-state index contributed by atoms with van der Waals surface area (Å²) in [7, 11) is 0. The smallest absolute Gasteiger partial charge is 0.303 e. The summed E-state index contributed by atoms with van der Waals surface area (Å²) >= 11 is 6.50. The molecule has 2 aromatic rings. The largest absolute Gasteiger partial charge is 0.494 e. The van der Waals surface area contributed by atoms with Gasteiger partial charge in [0, 0.05) is 24.2 Å². The van der Waals surface area contributed by atoms with Crippen molar-refractivity contribution in [3.63, 3.8) is 0 Å². The molecule has 9 nitrogen and oxygen atoms in total. The molecule has 0 unspecified atom stereocenters. The van der Waals surface area contributed by atoms with E-state index in [1.165, 1.54) is 9.80 Å². The number of carboxylic acids is 1. The third kappa shape index (κ3) is 6.05. The van der Waals surface area contributed by atoms with Crippen LogP contribution in [0.2, 0.25) is 0 Å². The van der Waals surface area contributed by atoms with Crippen molar-refractivity contribution in [2.45, 2.75) is 32.6 Å². The number of unbranched alkanes of at least 4 members (excludes halogenated alkanes) is 2. The molecule has 198 valence electrons. The van der Waals surface area contributed by atoms with Gasteiger partial charge < -0.3 is 15.2 Å². The highest BCUT2D eigenvalue weighted by molar-refractivity contribution is 8.26. The van der Waals surface area contributed by atoms with Crippen LogP contribution in [-0.4, -0.2) is 57.7 Å². The fourth-order valence-electron chi connectivity index (χ4n) is 4.27. The summed E-state index contributed by atoms with van der Waals surface area (Å²) in [4.78, 5) is 53.5. The maximum absolute atomic E-state index is 13.6. The number of benzene rings is 2. The van der Waals surface area contributed by atoms with Crippen molar-refractivity contribution in [2.75, 3.05) is 29.9 Å². The van der Waals surface area contributed by atoms with Gasteiger partial charge in [-0.25, -0.2) is 0 Å². The number of nitrogens with zero attached hydrogens (tertiary/aromatic N) is 2. The molecular formula is C27H27N3O6S2. The third-order valence-electron chi connectivity index (χ3n) is 6.02. The number of hydrogen-bond acceptors (Lipinski definition) is 7. The van der Waals surface area contributed by atoms with Gasteiger partial charge in [-0.1, -0.05) is 48.6 Å². The Bertz CT molecular complexity index is 1310. The van der Waals surface area contributed by atoms with E-state index in [-0.39, 0.29) is 35.3 Å². The van der Waals surface area contributed by atoms with Crippen LogP contribution in [-0.2, 0) is 19.2 Å². The number of amides is 3. The molecule has 0 saturated carbocycles. The number of para-hydroxylation sites is 1. The summed E-state index contributed by atoms with van der Waals surface area (Å²) < 4.78 is 5.77. The fourth-order valence-corrected chi connectivity index (χ4v) is 5.65. The first-order valence-electron chi connectivity index (χ1n) is 12.2. The monoisotopic (exact) mass is 553 g/mol. The molecule has 2 heterocycles. The molecule has 0 bridgehead atoms. The SMILES string of the molecule is CCOc1ccc(NC(=O)CN2C(=O)/C(=C3\SC(=S)N(CCCCCC(=O)O)C3=O)c3ccccc32)cc1. The number of carbonyl (C=O) groups is 4. The number of hydrogen-bond donors (Lipinski definition) is 2. The molecule has 0 radical (unpaired) electrons. The Morgan fingerprint density at radius 1 is 1.00 bits per heavy atom. The zero-order valence-electron chi connectivity index (χ0n) is 20.8. The van der Waals surface area contributed by atoms with E-state index in [1.54, 1.807) is 48.5 Å². The summed E-state index contributed by atoms with van der Waals surface area (Å²) in [6, 6.07) is 14.0. The summed E-state index contributed by atoms with van der Waals surface area (Å²) in [6.45, 7) is 2.55. The average Bonchev–Trinajstić information content (AvgIpc) is 3.32. The van der Waals surface area contributed by atoms with Crippen LogP contribution in [0.15, 0.2) is 53.4 Å². The number of thiocarbonyl (C=S) groups is 1. The molecule has 4 rings (SSSR count). The number of rotatable bonds is 11. The Kier molecular flexibility index (Phi) is 8.80. The topological polar surface area (TPSA) is 116 Å². The molecule has 38 heavy (non-hydrogen) atoms. The molecular weight excluding hydrogens is 526 g/mol. The summed E-state index contributed by atoms with van der Waals surface area (Å²) in [5, 5.41) is 11.6. The Morgan fingerprint density at radius 2 is 1.74 bits per heavy atom. The van der Waals surface area contributed by atoms with E-state index in [0.717, 1.165) is 11.8 Å². The minimum Gasteiger partial charge on any atom is -0.494 e. The average molecular weight is 554 g/mol. The number of nitrogens with one attached hydrogen (secondary N) is 1. The van der Waals surface area contributed by atoms with Crippen LogP contribution in [0.5, 0.6) is 5.75 Å². The number of fused-ring (bicyclic) bond motifs is 1. The van der Waals surface area contributed by atoms with Crippen molar-refractivity contribution < 1.29 is 29.0 Å². The van der Waals surface area contributed by atoms with Crippen molar-refractivity contribution in [1.29, 1.82) is 0 Å². The Labute approximate surface area is 229 Å². The predicted octanol–water partition coefficient (Wildman–Crippen LogP) is 4.29. The second kappa shape index (κ2) is 12.2. The number of anilines is 2. The predicted molar refractivity (Wildman–Crippen MR) is 150 cm³/mol. The fraction of sp³-hybridized carbons (Fsp3) is 0.296. The van der Waals surface area contributed by atoms with Crippen LogP contribution in [0.3, 0.4) is 0 Å². The Balaban J connectivity index is 1.49. The summed E-state index contributed by atoms with van der Waals surface area (Å²) in [5.74, 6) is -1.33. The maximum atomic E-state index is 13.6. The minimum absolute atomic E-state index is 0.0791. The van der Waals surface area contributed by atoms with Gasteiger partial charge in [0.05, 0.1) is 22.8 Å². The van der Waals surface area contributed by atoms with Crippen molar-refractivity contribution in [3.05, 3.63) is 59.0 Å². The number of ether oxygens (including phenoxy) is 1. The minimum atomic E-state index is -0.850. The molecule has 3 amide bonds. The standard InChI is InChI=1S/C27H27N3O6S2/c1-2-36-18-13-11-17(12-14-18)28-21(31)16-30-20-9-6-5-8-19(20)23(25(30)34)24-26(35)29(27(37)38-24)15-7-3-4-10-22(32)33/h5-6,8-9,11-14H,2-4,7,10,15-16H2,1H3,(H,28,31)(H,32,33)/b24-23-. The van der Waals surface area contributed by atoms with Gasteiger partial charge in [-0.2, -0.15) is 0 Å². The van der Waals surface area contributed by atoms with E-state index in [1.807, 2.05) is 6.92 Å². The first kappa shape index (κ1) is 27.3. The lowest BCUT2D eigenvalue weighted by atomic mass is 10.1. The van der Waals surface area contributed by atoms with Crippen LogP contribution < -0.4 is 15.0 Å².